The van der Waals surface area contributed by atoms with Gasteiger partial charge in [-0.1, -0.05) is 48.5 Å². The van der Waals surface area contributed by atoms with E-state index in [1.807, 2.05) is 42.5 Å². The van der Waals surface area contributed by atoms with Crippen LogP contribution in [0.2, 0.25) is 0 Å². The van der Waals surface area contributed by atoms with Crippen molar-refractivity contribution >= 4 is 12.1 Å². The summed E-state index contributed by atoms with van der Waals surface area (Å²) in [6, 6.07) is 24.3. The molecule has 1 unspecified atom stereocenters. The fourth-order valence-electron chi connectivity index (χ4n) is 3.85. The molecule has 0 N–H and O–H groups in total. The number of benzene rings is 3. The number of fused-ring (bicyclic) bond motifs is 1. The quantitative estimate of drug-likeness (QED) is 0.632. The van der Waals surface area contributed by atoms with Crippen LogP contribution >= 0.6 is 0 Å². The normalized spacial score (nSPS) is 16.9. The number of carbonyl (C=O) groups excluding carboxylic acids is 1. The molecular formula is C25H21N3O3. The lowest BCUT2D eigenvalue weighted by Gasteiger charge is -2.39. The molecule has 6 heteroatoms. The van der Waals surface area contributed by atoms with E-state index in [4.69, 9.17) is 9.47 Å². The number of methoxy groups -OCH3 is 2. The van der Waals surface area contributed by atoms with Crippen molar-refractivity contribution in [1.29, 1.82) is 5.26 Å². The first-order chi connectivity index (χ1) is 15.1. The predicted octanol–water partition coefficient (Wildman–Crippen LogP) is 4.16. The Bertz CT molecular complexity index is 1180. The molecule has 0 aliphatic carbocycles. The van der Waals surface area contributed by atoms with Crippen molar-refractivity contribution in [2.24, 2.45) is 5.10 Å². The molecule has 31 heavy (non-hydrogen) atoms. The Morgan fingerprint density at radius 2 is 1.71 bits per heavy atom. The van der Waals surface area contributed by atoms with Gasteiger partial charge in [0.2, 0.25) is 0 Å². The highest BCUT2D eigenvalue weighted by atomic mass is 16.5. The number of hydrogen-bond donors (Lipinski definition) is 0. The van der Waals surface area contributed by atoms with Crippen LogP contribution < -0.4 is 9.47 Å². The summed E-state index contributed by atoms with van der Waals surface area (Å²) in [4.78, 5) is 13.4. The average molecular weight is 411 g/mol. The van der Waals surface area contributed by atoms with Crippen molar-refractivity contribution < 1.29 is 14.3 Å². The first kappa shape index (κ1) is 20.2. The van der Waals surface area contributed by atoms with Gasteiger partial charge in [-0.15, -0.1) is 0 Å². The maximum Gasteiger partial charge on any atom is 0.275 e. The Morgan fingerprint density at radius 1 is 1.00 bits per heavy atom. The van der Waals surface area contributed by atoms with Gasteiger partial charge in [-0.2, -0.15) is 10.4 Å². The van der Waals surface area contributed by atoms with Crippen LogP contribution in [0.1, 0.15) is 27.0 Å². The first-order valence-electron chi connectivity index (χ1n) is 9.78. The van der Waals surface area contributed by atoms with E-state index in [9.17, 15) is 10.1 Å². The molecular weight excluding hydrogens is 390 g/mol. The van der Waals surface area contributed by atoms with Crippen molar-refractivity contribution in [1.82, 2.24) is 5.01 Å². The fraction of sp³-hybridized carbons (Fsp3) is 0.160. The summed E-state index contributed by atoms with van der Waals surface area (Å²) in [7, 11) is 3.13. The highest BCUT2D eigenvalue weighted by Gasteiger charge is 2.46. The van der Waals surface area contributed by atoms with Gasteiger partial charge in [0.15, 0.2) is 17.0 Å². The summed E-state index contributed by atoms with van der Waals surface area (Å²) in [6.45, 7) is 0. The van der Waals surface area contributed by atoms with E-state index in [0.29, 0.717) is 17.1 Å². The number of hydrazone groups is 1. The molecule has 0 spiro atoms. The zero-order valence-electron chi connectivity index (χ0n) is 17.3. The smallest absolute Gasteiger partial charge is 0.275 e. The number of nitriles is 1. The predicted molar refractivity (Wildman–Crippen MR) is 117 cm³/mol. The van der Waals surface area contributed by atoms with Crippen LogP contribution in [0, 0.1) is 11.3 Å². The monoisotopic (exact) mass is 411 g/mol. The zero-order chi connectivity index (χ0) is 21.8. The molecule has 1 atom stereocenters. The van der Waals surface area contributed by atoms with Crippen molar-refractivity contribution in [3.05, 3.63) is 95.1 Å². The number of nitrogens with zero attached hydrogens (tertiary/aromatic N) is 3. The summed E-state index contributed by atoms with van der Waals surface area (Å²) < 4.78 is 10.8. The Kier molecular flexibility index (Phi) is 5.42. The third kappa shape index (κ3) is 3.51. The van der Waals surface area contributed by atoms with E-state index >= 15 is 0 Å². The first-order valence-corrected chi connectivity index (χ1v) is 9.78. The van der Waals surface area contributed by atoms with Crippen LogP contribution in [0.4, 0.5) is 0 Å². The second-order valence-electron chi connectivity index (χ2n) is 7.15. The molecule has 0 aromatic heterocycles. The van der Waals surface area contributed by atoms with Gasteiger partial charge in [0.05, 0.1) is 26.5 Å². The summed E-state index contributed by atoms with van der Waals surface area (Å²) in [5, 5.41) is 16.2. The van der Waals surface area contributed by atoms with Gasteiger partial charge in [-0.05, 0) is 29.8 Å². The molecule has 3 aromatic rings. The third-order valence-corrected chi connectivity index (χ3v) is 5.39. The summed E-state index contributed by atoms with van der Waals surface area (Å²) in [5.74, 6) is 0.812. The Morgan fingerprint density at radius 3 is 2.42 bits per heavy atom. The molecule has 0 saturated heterocycles. The van der Waals surface area contributed by atoms with Gasteiger partial charge in [0, 0.05) is 23.1 Å². The molecule has 154 valence electrons. The van der Waals surface area contributed by atoms with Crippen LogP contribution in [0.25, 0.3) is 0 Å². The minimum Gasteiger partial charge on any atom is -0.493 e. The van der Waals surface area contributed by atoms with Crippen molar-refractivity contribution in [2.45, 2.75) is 12.0 Å². The number of amides is 1. The Balaban J connectivity index is 1.85. The fourth-order valence-corrected chi connectivity index (χ4v) is 3.85. The molecule has 0 fully saturated rings. The van der Waals surface area contributed by atoms with Crippen molar-refractivity contribution in [2.75, 3.05) is 14.2 Å². The maximum atomic E-state index is 13.4. The number of ether oxygens (including phenoxy) is 2. The number of hydrogen-bond acceptors (Lipinski definition) is 5. The van der Waals surface area contributed by atoms with Crippen molar-refractivity contribution in [3.63, 3.8) is 0 Å². The number of carbonyl (C=O) groups is 1. The molecule has 1 aliphatic heterocycles. The third-order valence-electron chi connectivity index (χ3n) is 5.39. The van der Waals surface area contributed by atoms with Gasteiger partial charge < -0.3 is 9.47 Å². The summed E-state index contributed by atoms with van der Waals surface area (Å²) in [6.07, 6.45) is 1.86. The molecule has 1 aliphatic rings. The summed E-state index contributed by atoms with van der Waals surface area (Å²) >= 11 is 0. The molecule has 0 radical (unpaired) electrons. The second-order valence-corrected chi connectivity index (χ2v) is 7.15. The molecule has 4 rings (SSSR count). The minimum atomic E-state index is -1.32. The largest absolute Gasteiger partial charge is 0.493 e. The van der Waals surface area contributed by atoms with Crippen LogP contribution in [0.15, 0.2) is 77.9 Å². The van der Waals surface area contributed by atoms with E-state index in [1.54, 1.807) is 50.8 Å². The van der Waals surface area contributed by atoms with E-state index in [0.717, 1.165) is 16.7 Å². The SMILES string of the molecule is COc1ccc(CC2(C#N)c3ccccc3C=NN2C(=O)c2ccccc2)cc1OC. The second kappa shape index (κ2) is 8.33. The van der Waals surface area contributed by atoms with Crippen LogP contribution in [0.3, 0.4) is 0 Å². The standard InChI is InChI=1S/C25H21N3O3/c1-30-22-13-12-18(14-23(22)31-2)15-25(17-26)21-11-7-6-10-20(21)16-27-28(25)24(29)19-8-4-3-5-9-19/h3-14,16H,15H2,1-2H3. The van der Waals surface area contributed by atoms with Gasteiger partial charge >= 0.3 is 0 Å². The Labute approximate surface area is 181 Å². The number of rotatable bonds is 5. The lowest BCUT2D eigenvalue weighted by Crippen LogP contribution is -2.49. The highest BCUT2D eigenvalue weighted by molar-refractivity contribution is 5.97. The van der Waals surface area contributed by atoms with Crippen molar-refractivity contribution in [3.8, 4) is 17.6 Å². The molecule has 3 aromatic carbocycles. The molecule has 0 saturated carbocycles. The average Bonchev–Trinajstić information content (AvgIpc) is 2.84. The topological polar surface area (TPSA) is 74.9 Å². The van der Waals surface area contributed by atoms with Gasteiger partial charge in [-0.25, -0.2) is 5.01 Å². The van der Waals surface area contributed by atoms with Crippen LogP contribution in [-0.2, 0) is 12.0 Å². The minimum absolute atomic E-state index is 0.233. The van der Waals surface area contributed by atoms with E-state index in [1.165, 1.54) is 5.01 Å². The lowest BCUT2D eigenvalue weighted by atomic mass is 9.80. The maximum absolute atomic E-state index is 13.4. The van der Waals surface area contributed by atoms with Gasteiger partial charge in [-0.3, -0.25) is 4.79 Å². The van der Waals surface area contributed by atoms with Gasteiger partial charge in [0.25, 0.3) is 5.91 Å². The lowest BCUT2D eigenvalue weighted by molar-refractivity contribution is 0.0578. The van der Waals surface area contributed by atoms with Crippen LogP contribution in [-0.4, -0.2) is 31.4 Å². The summed E-state index contributed by atoms with van der Waals surface area (Å²) in [5.41, 5.74) is 1.49. The van der Waals surface area contributed by atoms with E-state index < -0.39 is 5.54 Å². The van der Waals surface area contributed by atoms with Gasteiger partial charge in [0.1, 0.15) is 0 Å². The highest BCUT2D eigenvalue weighted by Crippen LogP contribution is 2.39. The molecule has 1 amide bonds. The van der Waals surface area contributed by atoms with E-state index in [-0.39, 0.29) is 12.3 Å². The molecule has 0 bridgehead atoms. The molecule has 1 heterocycles. The van der Waals surface area contributed by atoms with Crippen LogP contribution in [0.5, 0.6) is 11.5 Å². The zero-order valence-corrected chi connectivity index (χ0v) is 17.3. The Hall–Kier alpha value is -4.11. The molecule has 6 nitrogen and oxygen atoms in total. The van der Waals surface area contributed by atoms with E-state index in [2.05, 4.69) is 11.2 Å².